The lowest BCUT2D eigenvalue weighted by molar-refractivity contribution is 0.0954. The number of carbonyl (C=O) groups is 1. The fraction of sp³-hybridized carbons (Fsp3) is 0.0909. The molecule has 0 aliphatic rings. The molecule has 0 fully saturated rings. The lowest BCUT2D eigenvalue weighted by Crippen LogP contribution is -2.29. The Kier molecular flexibility index (Phi) is 7.76. The molecular weight excluding hydrogens is 583 g/mol. The first-order valence-corrected chi connectivity index (χ1v) is 13.7. The number of amides is 1. The van der Waals surface area contributed by atoms with Crippen molar-refractivity contribution in [3.05, 3.63) is 86.3 Å². The van der Waals surface area contributed by atoms with Crippen molar-refractivity contribution < 1.29 is 13.2 Å². The van der Waals surface area contributed by atoms with Crippen LogP contribution in [0.5, 0.6) is 0 Å². The van der Waals surface area contributed by atoms with E-state index in [0.717, 1.165) is 20.3 Å². The molecule has 3 N–H and O–H groups in total. The number of sulfonamides is 1. The van der Waals surface area contributed by atoms with E-state index < -0.39 is 10.0 Å². The molecule has 0 saturated carbocycles. The van der Waals surface area contributed by atoms with Gasteiger partial charge in [-0.25, -0.2) is 13.4 Å². The fourth-order valence-electron chi connectivity index (χ4n) is 3.05. The molecule has 0 atom stereocenters. The van der Waals surface area contributed by atoms with Crippen molar-refractivity contribution in [1.29, 1.82) is 0 Å². The molecule has 4 aromatic rings. The van der Waals surface area contributed by atoms with Gasteiger partial charge in [0.25, 0.3) is 15.9 Å². The second kappa shape index (κ2) is 10.6. The number of fused-ring (bicyclic) bond motifs is 1. The van der Waals surface area contributed by atoms with E-state index in [-0.39, 0.29) is 15.8 Å². The predicted molar refractivity (Wildman–Crippen MR) is 140 cm³/mol. The van der Waals surface area contributed by atoms with Gasteiger partial charge in [0.05, 0.1) is 25.7 Å². The van der Waals surface area contributed by atoms with Crippen LogP contribution in [0.15, 0.2) is 70.0 Å². The largest absolute Gasteiger partial charge is 0.352 e. The van der Waals surface area contributed by atoms with E-state index in [1.165, 1.54) is 29.5 Å². The molecule has 1 heterocycles. The Labute approximate surface area is 218 Å². The van der Waals surface area contributed by atoms with Crippen LogP contribution in [-0.2, 0) is 16.4 Å². The number of anilines is 1. The first-order chi connectivity index (χ1) is 16.2. The predicted octanol–water partition coefficient (Wildman–Crippen LogP) is 5.64. The van der Waals surface area contributed by atoms with Gasteiger partial charge in [0.15, 0.2) is 5.13 Å². The second-order valence-corrected chi connectivity index (χ2v) is 11.6. The highest BCUT2D eigenvalue weighted by atomic mass is 79.9. The summed E-state index contributed by atoms with van der Waals surface area (Å²) in [6.07, 6.45) is 0.518. The van der Waals surface area contributed by atoms with Crippen LogP contribution in [0.2, 0.25) is 10.0 Å². The van der Waals surface area contributed by atoms with Crippen LogP contribution in [0.25, 0.3) is 10.2 Å². The maximum atomic E-state index is 12.6. The molecule has 176 valence electrons. The molecule has 0 radical (unpaired) electrons. The minimum absolute atomic E-state index is 0.101. The summed E-state index contributed by atoms with van der Waals surface area (Å²) in [7, 11) is -3.80. The molecule has 34 heavy (non-hydrogen) atoms. The number of hydrogen-bond donors (Lipinski definition) is 3. The third kappa shape index (κ3) is 6.07. The molecular formula is C22H17BrCl2N4O3S2. The first kappa shape index (κ1) is 24.9. The molecule has 0 spiro atoms. The third-order valence-corrected chi connectivity index (χ3v) is 7.99. The standard InChI is InChI=1S/C22H17BrCl2N4O3S2/c23-14-3-8-19-20(11-14)33-22(27-19)28-29-34(31,32)16-5-1-13(2-6-16)9-10-26-21(30)17-7-4-15(24)12-18(17)25/h1-8,11-12,29H,9-10H2,(H,26,30)(H,27,28). The minimum Gasteiger partial charge on any atom is -0.352 e. The van der Waals surface area contributed by atoms with Crippen molar-refractivity contribution in [3.63, 3.8) is 0 Å². The Morgan fingerprint density at radius 2 is 1.79 bits per heavy atom. The Morgan fingerprint density at radius 1 is 1.03 bits per heavy atom. The smallest absolute Gasteiger partial charge is 0.257 e. The summed E-state index contributed by atoms with van der Waals surface area (Å²) in [5, 5.41) is 3.96. The minimum atomic E-state index is -3.80. The number of carbonyl (C=O) groups excluding carboxylic acids is 1. The molecule has 1 aromatic heterocycles. The highest BCUT2D eigenvalue weighted by Gasteiger charge is 2.15. The average molecular weight is 600 g/mol. The zero-order chi connectivity index (χ0) is 24.3. The molecule has 12 heteroatoms. The van der Waals surface area contributed by atoms with E-state index in [4.69, 9.17) is 23.2 Å². The molecule has 0 saturated heterocycles. The van der Waals surface area contributed by atoms with Crippen molar-refractivity contribution in [2.75, 3.05) is 12.0 Å². The number of halogens is 3. The third-order valence-electron chi connectivity index (χ3n) is 4.75. The maximum absolute atomic E-state index is 12.6. The van der Waals surface area contributed by atoms with Crippen molar-refractivity contribution in [1.82, 2.24) is 15.1 Å². The van der Waals surface area contributed by atoms with Gasteiger partial charge in [-0.1, -0.05) is 62.6 Å². The molecule has 3 aromatic carbocycles. The normalized spacial score (nSPS) is 11.5. The molecule has 0 aliphatic heterocycles. The van der Waals surface area contributed by atoms with Gasteiger partial charge in [-0.15, -0.1) is 4.83 Å². The lowest BCUT2D eigenvalue weighted by Gasteiger charge is -2.09. The summed E-state index contributed by atoms with van der Waals surface area (Å²) >= 11 is 16.6. The zero-order valence-corrected chi connectivity index (χ0v) is 22.0. The summed E-state index contributed by atoms with van der Waals surface area (Å²) < 4.78 is 27.1. The Hall–Kier alpha value is -2.21. The molecule has 1 amide bonds. The van der Waals surface area contributed by atoms with E-state index >= 15 is 0 Å². The van der Waals surface area contributed by atoms with Crippen LogP contribution < -0.4 is 15.6 Å². The topological polar surface area (TPSA) is 100 Å². The molecule has 0 aliphatic carbocycles. The summed E-state index contributed by atoms with van der Waals surface area (Å²) in [4.78, 5) is 19.1. The molecule has 7 nitrogen and oxygen atoms in total. The zero-order valence-electron chi connectivity index (χ0n) is 17.3. The van der Waals surface area contributed by atoms with Crippen molar-refractivity contribution >= 4 is 81.7 Å². The Morgan fingerprint density at radius 3 is 2.53 bits per heavy atom. The van der Waals surface area contributed by atoms with Crippen LogP contribution in [0.4, 0.5) is 5.13 Å². The lowest BCUT2D eigenvalue weighted by atomic mass is 10.1. The number of thiazole rings is 1. The molecule has 0 unspecified atom stereocenters. The van der Waals surface area contributed by atoms with Gasteiger partial charge in [-0.05, 0) is 60.5 Å². The van der Waals surface area contributed by atoms with Crippen molar-refractivity contribution in [2.24, 2.45) is 0 Å². The van der Waals surface area contributed by atoms with Crippen molar-refractivity contribution in [2.45, 2.75) is 11.3 Å². The quantitative estimate of drug-likeness (QED) is 0.227. The van der Waals surface area contributed by atoms with Gasteiger partial charge in [0.2, 0.25) is 0 Å². The van der Waals surface area contributed by atoms with Gasteiger partial charge in [0, 0.05) is 16.0 Å². The number of hydrazine groups is 1. The van der Waals surface area contributed by atoms with Gasteiger partial charge in [-0.3, -0.25) is 10.2 Å². The van der Waals surface area contributed by atoms with Gasteiger partial charge < -0.3 is 5.32 Å². The van der Waals surface area contributed by atoms with Gasteiger partial charge in [-0.2, -0.15) is 0 Å². The molecule has 4 rings (SSSR count). The first-order valence-electron chi connectivity index (χ1n) is 9.87. The van der Waals surface area contributed by atoms with E-state index in [1.54, 1.807) is 24.3 Å². The van der Waals surface area contributed by atoms with E-state index in [2.05, 4.69) is 36.5 Å². The van der Waals surface area contributed by atoms with Crippen molar-refractivity contribution in [3.8, 4) is 0 Å². The summed E-state index contributed by atoms with van der Waals surface area (Å²) in [5.41, 5.74) is 4.64. The number of rotatable bonds is 8. The van der Waals surface area contributed by atoms with Gasteiger partial charge in [0.1, 0.15) is 0 Å². The average Bonchev–Trinajstić information content (AvgIpc) is 3.20. The van der Waals surface area contributed by atoms with E-state index in [0.29, 0.717) is 28.7 Å². The highest BCUT2D eigenvalue weighted by Crippen LogP contribution is 2.28. The van der Waals surface area contributed by atoms with Crippen LogP contribution >= 0.6 is 50.5 Å². The second-order valence-electron chi connectivity index (χ2n) is 7.14. The number of nitrogens with zero attached hydrogens (tertiary/aromatic N) is 1. The summed E-state index contributed by atoms with van der Waals surface area (Å²) in [6, 6.07) is 16.7. The SMILES string of the molecule is O=C(NCCc1ccc(S(=O)(=O)NNc2nc3ccc(Br)cc3s2)cc1)c1ccc(Cl)cc1Cl. The Bertz CT molecular complexity index is 1460. The number of nitrogens with one attached hydrogen (secondary N) is 3. The van der Waals surface area contributed by atoms with Crippen LogP contribution in [-0.4, -0.2) is 25.9 Å². The van der Waals surface area contributed by atoms with E-state index in [9.17, 15) is 13.2 Å². The molecule has 0 bridgehead atoms. The maximum Gasteiger partial charge on any atom is 0.257 e. The summed E-state index contributed by atoms with van der Waals surface area (Å²) in [5.74, 6) is -0.307. The monoisotopic (exact) mass is 598 g/mol. The number of hydrogen-bond acceptors (Lipinski definition) is 6. The van der Waals surface area contributed by atoms with Gasteiger partial charge >= 0.3 is 0 Å². The number of aromatic nitrogens is 1. The fourth-order valence-corrected chi connectivity index (χ4v) is 5.82. The van der Waals surface area contributed by atoms with E-state index in [1.807, 2.05) is 18.2 Å². The van der Waals surface area contributed by atoms with Crippen LogP contribution in [0, 0.1) is 0 Å². The number of benzene rings is 3. The Balaban J connectivity index is 1.32. The highest BCUT2D eigenvalue weighted by molar-refractivity contribution is 9.10. The van der Waals surface area contributed by atoms with Crippen LogP contribution in [0.3, 0.4) is 0 Å². The van der Waals surface area contributed by atoms with Crippen LogP contribution in [0.1, 0.15) is 15.9 Å². The summed E-state index contributed by atoms with van der Waals surface area (Å²) in [6.45, 7) is 0.359.